The van der Waals surface area contributed by atoms with Crippen molar-refractivity contribution in [3.05, 3.63) is 46.5 Å². The molecule has 0 saturated carbocycles. The van der Waals surface area contributed by atoms with Gasteiger partial charge >= 0.3 is 6.18 Å². The first kappa shape index (κ1) is 23.2. The number of nitrogens with one attached hydrogen (secondary N) is 2. The number of nitrogens with zero attached hydrogens (tertiary/aromatic N) is 2. The summed E-state index contributed by atoms with van der Waals surface area (Å²) in [6, 6.07) is 4.71. The lowest BCUT2D eigenvalue weighted by molar-refractivity contribution is -0.137. The highest BCUT2D eigenvalue weighted by atomic mass is 32.1. The molecule has 6 nitrogen and oxygen atoms in total. The average molecular weight is 455 g/mol. The maximum Gasteiger partial charge on any atom is 0.416 e. The number of anilines is 1. The van der Waals surface area contributed by atoms with Gasteiger partial charge in [-0.3, -0.25) is 14.9 Å². The van der Waals surface area contributed by atoms with Crippen LogP contribution < -0.4 is 10.6 Å². The number of alkyl halides is 3. The number of aromatic nitrogens is 1. The van der Waals surface area contributed by atoms with E-state index in [1.54, 1.807) is 0 Å². The molecule has 0 radical (unpaired) electrons. The van der Waals surface area contributed by atoms with E-state index in [1.165, 1.54) is 36.8 Å². The van der Waals surface area contributed by atoms with Crippen LogP contribution in [0.2, 0.25) is 0 Å². The lowest BCUT2D eigenvalue weighted by atomic mass is 10.0. The second-order valence-corrected chi connectivity index (χ2v) is 8.42. The van der Waals surface area contributed by atoms with Crippen molar-refractivity contribution < 1.29 is 22.8 Å². The van der Waals surface area contributed by atoms with Crippen molar-refractivity contribution in [2.75, 3.05) is 25.0 Å². The molecule has 10 heteroatoms. The summed E-state index contributed by atoms with van der Waals surface area (Å²) >= 11 is 1.04. The van der Waals surface area contributed by atoms with Gasteiger partial charge in [0.2, 0.25) is 0 Å². The van der Waals surface area contributed by atoms with E-state index in [0.29, 0.717) is 12.6 Å². The topological polar surface area (TPSA) is 74.3 Å². The number of thiazole rings is 1. The van der Waals surface area contributed by atoms with Gasteiger partial charge in [0.05, 0.1) is 5.56 Å². The van der Waals surface area contributed by atoms with E-state index >= 15 is 0 Å². The molecule has 0 unspecified atom stereocenters. The number of amides is 2. The van der Waals surface area contributed by atoms with E-state index in [1.807, 2.05) is 0 Å². The third-order valence-electron chi connectivity index (χ3n) is 5.26. The SMILES string of the molecule is C[C@@H]1CCCCN1CCCNC(=O)c1csc(NC(=O)c2cccc(C(F)(F)F)c2)n1. The standard InChI is InChI=1S/C21H25F3N4O2S/c1-14-6-2-3-10-28(14)11-5-9-25-19(30)17-13-31-20(26-17)27-18(29)15-7-4-8-16(12-15)21(22,23)24/h4,7-8,12-14H,2-3,5-6,9-11H2,1H3,(H,25,30)(H,26,27,29)/t14-/m1/s1. The van der Waals surface area contributed by atoms with Crippen LogP contribution in [0.25, 0.3) is 0 Å². The molecule has 2 amide bonds. The highest BCUT2D eigenvalue weighted by Gasteiger charge is 2.31. The van der Waals surface area contributed by atoms with Gasteiger partial charge in [-0.2, -0.15) is 13.2 Å². The molecule has 1 atom stereocenters. The Hall–Kier alpha value is -2.46. The molecule has 2 heterocycles. The first-order chi connectivity index (χ1) is 14.7. The lowest BCUT2D eigenvalue weighted by Gasteiger charge is -2.33. The molecule has 1 fully saturated rings. The Morgan fingerprint density at radius 2 is 2.06 bits per heavy atom. The second kappa shape index (κ2) is 10.2. The summed E-state index contributed by atoms with van der Waals surface area (Å²) in [5, 5.41) is 6.91. The van der Waals surface area contributed by atoms with Crippen molar-refractivity contribution in [3.63, 3.8) is 0 Å². The first-order valence-corrected chi connectivity index (χ1v) is 11.1. The van der Waals surface area contributed by atoms with Gasteiger partial charge in [-0.25, -0.2) is 4.98 Å². The molecule has 168 valence electrons. The fourth-order valence-electron chi connectivity index (χ4n) is 3.51. The van der Waals surface area contributed by atoms with Crippen LogP contribution in [0.4, 0.5) is 18.3 Å². The van der Waals surface area contributed by atoms with Crippen molar-refractivity contribution >= 4 is 28.3 Å². The molecule has 2 N–H and O–H groups in total. The number of halogens is 3. The van der Waals surface area contributed by atoms with Gasteiger partial charge in [0.25, 0.3) is 11.8 Å². The number of rotatable bonds is 7. The first-order valence-electron chi connectivity index (χ1n) is 10.2. The maximum absolute atomic E-state index is 12.8. The Morgan fingerprint density at radius 3 is 2.81 bits per heavy atom. The normalized spacial score (nSPS) is 17.4. The third kappa shape index (κ3) is 6.51. The van der Waals surface area contributed by atoms with Crippen LogP contribution in [-0.2, 0) is 6.18 Å². The molecule has 1 aliphatic rings. The van der Waals surface area contributed by atoms with E-state index in [4.69, 9.17) is 0 Å². The van der Waals surface area contributed by atoms with Crippen molar-refractivity contribution in [1.82, 2.24) is 15.2 Å². The smallest absolute Gasteiger partial charge is 0.351 e. The van der Waals surface area contributed by atoms with Crippen LogP contribution in [0.15, 0.2) is 29.6 Å². The molecule has 1 saturated heterocycles. The van der Waals surface area contributed by atoms with Crippen molar-refractivity contribution in [1.29, 1.82) is 0 Å². The Labute approximate surface area is 182 Å². The largest absolute Gasteiger partial charge is 0.416 e. The number of carbonyl (C=O) groups is 2. The molecule has 1 aromatic heterocycles. The monoisotopic (exact) mass is 454 g/mol. The van der Waals surface area contributed by atoms with Crippen molar-refractivity contribution in [2.45, 2.75) is 44.8 Å². The summed E-state index contributed by atoms with van der Waals surface area (Å²) in [6.45, 7) is 4.76. The number of carbonyl (C=O) groups excluding carboxylic acids is 2. The summed E-state index contributed by atoms with van der Waals surface area (Å²) in [6.07, 6.45) is -0.0102. The molecule has 0 spiro atoms. The van der Waals surface area contributed by atoms with Gasteiger partial charge < -0.3 is 10.2 Å². The number of benzene rings is 1. The highest BCUT2D eigenvalue weighted by Crippen LogP contribution is 2.29. The molecule has 1 aromatic carbocycles. The summed E-state index contributed by atoms with van der Waals surface area (Å²) in [5.41, 5.74) is -0.878. The summed E-state index contributed by atoms with van der Waals surface area (Å²) in [5.74, 6) is -1.06. The van der Waals surface area contributed by atoms with Gasteiger partial charge in [-0.1, -0.05) is 12.5 Å². The maximum atomic E-state index is 12.8. The van der Waals surface area contributed by atoms with Gasteiger partial charge in [-0.05, 0) is 50.9 Å². The number of hydrogen-bond acceptors (Lipinski definition) is 5. The van der Waals surface area contributed by atoms with Crippen LogP contribution in [-0.4, -0.2) is 47.4 Å². The van der Waals surface area contributed by atoms with Gasteiger partial charge in [-0.15, -0.1) is 11.3 Å². The van der Waals surface area contributed by atoms with Gasteiger partial charge in [0.15, 0.2) is 5.13 Å². The molecular weight excluding hydrogens is 429 g/mol. The fraction of sp³-hybridized carbons (Fsp3) is 0.476. The number of likely N-dealkylation sites (tertiary alicyclic amines) is 1. The van der Waals surface area contributed by atoms with E-state index in [9.17, 15) is 22.8 Å². The minimum absolute atomic E-state index is 0.136. The lowest BCUT2D eigenvalue weighted by Crippen LogP contribution is -2.39. The molecule has 2 aromatic rings. The molecular formula is C21H25F3N4O2S. The Morgan fingerprint density at radius 1 is 1.26 bits per heavy atom. The van der Waals surface area contributed by atoms with Crippen LogP contribution in [0.3, 0.4) is 0 Å². The minimum atomic E-state index is -4.53. The van der Waals surface area contributed by atoms with Crippen LogP contribution in [0.5, 0.6) is 0 Å². The zero-order valence-corrected chi connectivity index (χ0v) is 18.0. The van der Waals surface area contributed by atoms with E-state index in [2.05, 4.69) is 27.4 Å². The summed E-state index contributed by atoms with van der Waals surface area (Å²) < 4.78 is 38.4. The molecule has 3 rings (SSSR count). The Bertz CT molecular complexity index is 916. The van der Waals surface area contributed by atoms with Crippen molar-refractivity contribution in [3.8, 4) is 0 Å². The quantitative estimate of drug-likeness (QED) is 0.608. The fourth-order valence-corrected chi connectivity index (χ4v) is 4.19. The number of piperidine rings is 1. The predicted octanol–water partition coefficient (Wildman–Crippen LogP) is 4.41. The predicted molar refractivity (Wildman–Crippen MR) is 113 cm³/mol. The van der Waals surface area contributed by atoms with Crippen molar-refractivity contribution in [2.24, 2.45) is 0 Å². The summed E-state index contributed by atoms with van der Waals surface area (Å²) in [7, 11) is 0. The van der Waals surface area contributed by atoms with Crippen LogP contribution >= 0.6 is 11.3 Å². The van der Waals surface area contributed by atoms with E-state index in [-0.39, 0.29) is 22.3 Å². The summed E-state index contributed by atoms with van der Waals surface area (Å²) in [4.78, 5) is 31.0. The Kier molecular flexibility index (Phi) is 7.66. The zero-order chi connectivity index (χ0) is 22.4. The highest BCUT2D eigenvalue weighted by molar-refractivity contribution is 7.14. The van der Waals surface area contributed by atoms with Gasteiger partial charge in [0, 0.05) is 30.1 Å². The zero-order valence-electron chi connectivity index (χ0n) is 17.2. The average Bonchev–Trinajstić information content (AvgIpc) is 3.20. The molecule has 0 aliphatic carbocycles. The van der Waals surface area contributed by atoms with Crippen LogP contribution in [0.1, 0.15) is 59.0 Å². The third-order valence-corrected chi connectivity index (χ3v) is 6.02. The molecule has 1 aliphatic heterocycles. The van der Waals surface area contributed by atoms with E-state index in [0.717, 1.165) is 43.0 Å². The number of hydrogen-bond donors (Lipinski definition) is 2. The van der Waals surface area contributed by atoms with E-state index < -0.39 is 17.6 Å². The minimum Gasteiger partial charge on any atom is -0.351 e. The van der Waals surface area contributed by atoms with Crippen LogP contribution in [0, 0.1) is 0 Å². The molecule has 0 bridgehead atoms. The second-order valence-electron chi connectivity index (χ2n) is 7.56. The Balaban J connectivity index is 1.48. The molecule has 31 heavy (non-hydrogen) atoms. The van der Waals surface area contributed by atoms with Gasteiger partial charge in [0.1, 0.15) is 5.69 Å².